The molecule has 0 N–H and O–H groups in total. The Kier molecular flexibility index (Phi) is 6.03. The van der Waals surface area contributed by atoms with Gasteiger partial charge in [0.05, 0.1) is 6.10 Å². The predicted octanol–water partition coefficient (Wildman–Crippen LogP) is 2.03. The van der Waals surface area contributed by atoms with E-state index in [-0.39, 0.29) is 12.0 Å². The molecule has 4 heteroatoms. The van der Waals surface area contributed by atoms with Gasteiger partial charge in [-0.3, -0.25) is 4.79 Å². The molecule has 1 saturated heterocycles. The number of carbonyl (C=O) groups is 1. The van der Waals surface area contributed by atoms with E-state index in [1.54, 1.807) is 0 Å². The normalized spacial score (nSPS) is 21.7. The van der Waals surface area contributed by atoms with Crippen LogP contribution in [0, 0.1) is 0 Å². The summed E-state index contributed by atoms with van der Waals surface area (Å²) < 4.78 is 5.66. The van der Waals surface area contributed by atoms with Crippen LogP contribution in [0.3, 0.4) is 0 Å². The van der Waals surface area contributed by atoms with Crippen LogP contribution in [0.2, 0.25) is 0 Å². The minimum Gasteiger partial charge on any atom is -0.376 e. The molecule has 0 spiro atoms. The van der Waals surface area contributed by atoms with Crippen LogP contribution in [-0.2, 0) is 9.53 Å². The third kappa shape index (κ3) is 4.39. The molecule has 1 aliphatic heterocycles. The molecule has 1 fully saturated rings. The fourth-order valence-corrected chi connectivity index (χ4v) is 1.99. The maximum Gasteiger partial charge on any atom is 0.223 e. The lowest BCUT2D eigenvalue weighted by molar-refractivity contribution is -0.134. The zero-order chi connectivity index (χ0) is 11.1. The van der Waals surface area contributed by atoms with Crippen LogP contribution in [-0.4, -0.2) is 42.5 Å². The SMILES string of the molecule is CCCOC1CCCN(C(=O)CCCl)C1. The second kappa shape index (κ2) is 7.07. The number of piperidine rings is 1. The Morgan fingerprint density at radius 1 is 1.60 bits per heavy atom. The maximum atomic E-state index is 11.6. The van der Waals surface area contributed by atoms with Crippen LogP contribution in [0.25, 0.3) is 0 Å². The number of hydrogen-bond acceptors (Lipinski definition) is 2. The molecule has 0 aromatic rings. The molecule has 15 heavy (non-hydrogen) atoms. The standard InChI is InChI=1S/C11H20ClNO2/c1-2-8-15-10-4-3-7-13(9-10)11(14)5-6-12/h10H,2-9H2,1H3. The first-order valence-electron chi connectivity index (χ1n) is 5.73. The minimum atomic E-state index is 0.162. The van der Waals surface area contributed by atoms with E-state index in [4.69, 9.17) is 16.3 Å². The molecule has 0 aromatic carbocycles. The van der Waals surface area contributed by atoms with E-state index in [1.165, 1.54) is 0 Å². The molecule has 0 saturated carbocycles. The fraction of sp³-hybridized carbons (Fsp3) is 0.909. The third-order valence-corrected chi connectivity index (χ3v) is 2.79. The lowest BCUT2D eigenvalue weighted by atomic mass is 10.1. The highest BCUT2D eigenvalue weighted by atomic mass is 35.5. The highest BCUT2D eigenvalue weighted by molar-refractivity contribution is 6.18. The number of carbonyl (C=O) groups excluding carboxylic acids is 1. The Bertz CT molecular complexity index is 199. The van der Waals surface area contributed by atoms with Gasteiger partial charge in [0.25, 0.3) is 0 Å². The molecule has 0 radical (unpaired) electrons. The Labute approximate surface area is 96.7 Å². The van der Waals surface area contributed by atoms with Crippen molar-refractivity contribution in [1.29, 1.82) is 0 Å². The lowest BCUT2D eigenvalue weighted by Crippen LogP contribution is -2.43. The van der Waals surface area contributed by atoms with Crippen LogP contribution < -0.4 is 0 Å². The summed E-state index contributed by atoms with van der Waals surface area (Å²) in [4.78, 5) is 13.5. The average Bonchev–Trinajstić information content (AvgIpc) is 2.27. The molecular weight excluding hydrogens is 214 g/mol. The molecule has 1 unspecified atom stereocenters. The summed E-state index contributed by atoms with van der Waals surface area (Å²) >= 11 is 5.56. The summed E-state index contributed by atoms with van der Waals surface area (Å²) in [5.74, 6) is 0.574. The van der Waals surface area contributed by atoms with Crippen molar-refractivity contribution in [3.63, 3.8) is 0 Å². The zero-order valence-corrected chi connectivity index (χ0v) is 10.1. The molecule has 1 atom stereocenters. The number of likely N-dealkylation sites (tertiary alicyclic amines) is 1. The zero-order valence-electron chi connectivity index (χ0n) is 9.38. The van der Waals surface area contributed by atoms with Crippen molar-refractivity contribution in [1.82, 2.24) is 4.90 Å². The molecule has 0 bridgehead atoms. The number of amides is 1. The van der Waals surface area contributed by atoms with Gasteiger partial charge < -0.3 is 9.64 Å². The fourth-order valence-electron chi connectivity index (χ4n) is 1.82. The second-order valence-electron chi connectivity index (χ2n) is 3.91. The molecule has 1 rings (SSSR count). The Morgan fingerprint density at radius 3 is 3.07 bits per heavy atom. The molecule has 1 amide bonds. The first-order chi connectivity index (χ1) is 7.27. The van der Waals surface area contributed by atoms with Crippen LogP contribution in [0.4, 0.5) is 0 Å². The van der Waals surface area contributed by atoms with Crippen LogP contribution >= 0.6 is 11.6 Å². The van der Waals surface area contributed by atoms with Crippen molar-refractivity contribution >= 4 is 17.5 Å². The molecule has 1 aliphatic rings. The van der Waals surface area contributed by atoms with E-state index in [0.29, 0.717) is 12.3 Å². The monoisotopic (exact) mass is 233 g/mol. The molecule has 0 aromatic heterocycles. The second-order valence-corrected chi connectivity index (χ2v) is 4.29. The number of ether oxygens (including phenoxy) is 1. The highest BCUT2D eigenvalue weighted by Gasteiger charge is 2.23. The quantitative estimate of drug-likeness (QED) is 0.680. The summed E-state index contributed by atoms with van der Waals surface area (Å²) in [6, 6.07) is 0. The molecular formula is C11H20ClNO2. The Hall–Kier alpha value is -0.280. The van der Waals surface area contributed by atoms with Crippen molar-refractivity contribution in [2.24, 2.45) is 0 Å². The van der Waals surface area contributed by atoms with Gasteiger partial charge in [-0.2, -0.15) is 0 Å². The van der Waals surface area contributed by atoms with Crippen molar-refractivity contribution in [3.8, 4) is 0 Å². The van der Waals surface area contributed by atoms with E-state index in [1.807, 2.05) is 4.90 Å². The molecule has 1 heterocycles. The Morgan fingerprint density at radius 2 is 2.40 bits per heavy atom. The average molecular weight is 234 g/mol. The number of hydrogen-bond donors (Lipinski definition) is 0. The van der Waals surface area contributed by atoms with E-state index in [0.717, 1.165) is 39.0 Å². The lowest BCUT2D eigenvalue weighted by Gasteiger charge is -2.32. The Balaban J connectivity index is 2.31. The molecule has 3 nitrogen and oxygen atoms in total. The predicted molar refractivity (Wildman–Crippen MR) is 61.2 cm³/mol. The van der Waals surface area contributed by atoms with Gasteiger partial charge in [0.2, 0.25) is 5.91 Å². The van der Waals surface area contributed by atoms with E-state index >= 15 is 0 Å². The van der Waals surface area contributed by atoms with Crippen molar-refractivity contribution in [3.05, 3.63) is 0 Å². The summed E-state index contributed by atoms with van der Waals surface area (Å²) in [7, 11) is 0. The van der Waals surface area contributed by atoms with Gasteiger partial charge in [0, 0.05) is 32.0 Å². The summed E-state index contributed by atoms with van der Waals surface area (Å²) in [6.07, 6.45) is 3.83. The smallest absolute Gasteiger partial charge is 0.223 e. The minimum absolute atomic E-state index is 0.162. The largest absolute Gasteiger partial charge is 0.376 e. The topological polar surface area (TPSA) is 29.5 Å². The van der Waals surface area contributed by atoms with E-state index < -0.39 is 0 Å². The van der Waals surface area contributed by atoms with Crippen molar-refractivity contribution in [2.45, 2.75) is 38.7 Å². The number of halogens is 1. The highest BCUT2D eigenvalue weighted by Crippen LogP contribution is 2.14. The van der Waals surface area contributed by atoms with Crippen LogP contribution in [0.5, 0.6) is 0 Å². The summed E-state index contributed by atoms with van der Waals surface area (Å²) in [5, 5.41) is 0. The number of alkyl halides is 1. The maximum absolute atomic E-state index is 11.6. The summed E-state index contributed by atoms with van der Waals surface area (Å²) in [5.41, 5.74) is 0. The first kappa shape index (κ1) is 12.8. The van der Waals surface area contributed by atoms with E-state index in [2.05, 4.69) is 6.92 Å². The number of rotatable bonds is 5. The van der Waals surface area contributed by atoms with Gasteiger partial charge in [-0.25, -0.2) is 0 Å². The van der Waals surface area contributed by atoms with Crippen molar-refractivity contribution in [2.75, 3.05) is 25.6 Å². The van der Waals surface area contributed by atoms with E-state index in [9.17, 15) is 4.79 Å². The van der Waals surface area contributed by atoms with Gasteiger partial charge in [0.1, 0.15) is 0 Å². The van der Waals surface area contributed by atoms with Gasteiger partial charge >= 0.3 is 0 Å². The van der Waals surface area contributed by atoms with Crippen LogP contribution in [0.15, 0.2) is 0 Å². The molecule has 88 valence electrons. The van der Waals surface area contributed by atoms with Crippen LogP contribution in [0.1, 0.15) is 32.6 Å². The van der Waals surface area contributed by atoms with Gasteiger partial charge in [-0.05, 0) is 19.3 Å². The molecule has 0 aliphatic carbocycles. The van der Waals surface area contributed by atoms with Gasteiger partial charge in [-0.15, -0.1) is 11.6 Å². The van der Waals surface area contributed by atoms with Gasteiger partial charge in [0.15, 0.2) is 0 Å². The van der Waals surface area contributed by atoms with Gasteiger partial charge in [-0.1, -0.05) is 6.92 Å². The number of nitrogens with zero attached hydrogens (tertiary/aromatic N) is 1. The first-order valence-corrected chi connectivity index (χ1v) is 6.26. The van der Waals surface area contributed by atoms with Crippen molar-refractivity contribution < 1.29 is 9.53 Å². The summed E-state index contributed by atoms with van der Waals surface area (Å²) in [6.45, 7) is 4.50. The third-order valence-electron chi connectivity index (χ3n) is 2.60.